The van der Waals surface area contributed by atoms with Gasteiger partial charge in [0.05, 0.1) is 55.5 Å². The smallest absolute Gasteiger partial charge is 0.324 e. The average Bonchev–Trinajstić information content (AvgIpc) is 3.40. The van der Waals surface area contributed by atoms with E-state index in [2.05, 4.69) is 20.3 Å². The third kappa shape index (κ3) is 4.25. The lowest BCUT2D eigenvalue weighted by atomic mass is 9.86. The molecular formula is C25H21ClF3N5O2S. The van der Waals surface area contributed by atoms with Crippen LogP contribution in [0.3, 0.4) is 0 Å². The number of amides is 2. The van der Waals surface area contributed by atoms with E-state index in [1.807, 2.05) is 33.8 Å². The molecule has 3 heterocycles. The van der Waals surface area contributed by atoms with Crippen molar-refractivity contribution in [2.24, 2.45) is 0 Å². The van der Waals surface area contributed by atoms with E-state index in [1.165, 1.54) is 17.4 Å². The quantitative estimate of drug-likeness (QED) is 0.310. The van der Waals surface area contributed by atoms with Gasteiger partial charge in [-0.1, -0.05) is 17.7 Å². The standard InChI is InChI=1S/C25H21ClF3N5O2S/c1-11-19(37-12(2)30-11)10-34-18-9-17-16(8-15(18)24(3,4)22(34)36)31-23(32-17)33-21(35)13-6-5-7-14(20(13)26)25(27,28)29/h5-9H,10H2,1-4H3,(H2,31,32,33,35). The first kappa shape index (κ1) is 25.2. The van der Waals surface area contributed by atoms with E-state index in [4.69, 9.17) is 11.6 Å². The Morgan fingerprint density at radius 3 is 2.59 bits per heavy atom. The Hall–Kier alpha value is -3.44. The largest absolute Gasteiger partial charge is 0.417 e. The molecule has 192 valence electrons. The van der Waals surface area contributed by atoms with Gasteiger partial charge in [0, 0.05) is 4.88 Å². The fourth-order valence-electron chi connectivity index (χ4n) is 4.51. The van der Waals surface area contributed by atoms with Crippen LogP contribution in [0, 0.1) is 13.8 Å². The number of anilines is 2. The summed E-state index contributed by atoms with van der Waals surface area (Å²) in [6.07, 6.45) is -4.69. The average molecular weight is 548 g/mol. The van der Waals surface area contributed by atoms with E-state index < -0.39 is 28.1 Å². The summed E-state index contributed by atoms with van der Waals surface area (Å²) in [5.74, 6) is -0.842. The lowest BCUT2D eigenvalue weighted by Crippen LogP contribution is -2.35. The molecule has 0 radical (unpaired) electrons. The zero-order chi connectivity index (χ0) is 26.9. The van der Waals surface area contributed by atoms with Crippen LogP contribution in [0.5, 0.6) is 0 Å². The Bertz CT molecular complexity index is 1590. The number of aromatic nitrogens is 3. The van der Waals surface area contributed by atoms with Gasteiger partial charge < -0.3 is 9.88 Å². The van der Waals surface area contributed by atoms with E-state index in [0.717, 1.165) is 33.3 Å². The number of carbonyl (C=O) groups is 2. The molecule has 2 aromatic carbocycles. The molecule has 1 aliphatic heterocycles. The van der Waals surface area contributed by atoms with Gasteiger partial charge in [0.2, 0.25) is 11.9 Å². The Kier molecular flexibility index (Phi) is 5.83. The molecule has 2 aromatic heterocycles. The van der Waals surface area contributed by atoms with Gasteiger partial charge in [0.25, 0.3) is 5.91 Å². The highest BCUT2D eigenvalue weighted by molar-refractivity contribution is 7.11. The Balaban J connectivity index is 1.48. The fourth-order valence-corrected chi connectivity index (χ4v) is 5.76. The predicted molar refractivity (Wildman–Crippen MR) is 136 cm³/mol. The van der Waals surface area contributed by atoms with Gasteiger partial charge in [-0.3, -0.25) is 14.9 Å². The van der Waals surface area contributed by atoms with E-state index in [0.29, 0.717) is 23.3 Å². The van der Waals surface area contributed by atoms with E-state index in [9.17, 15) is 22.8 Å². The number of H-pyrrole nitrogens is 1. The number of nitrogens with zero attached hydrogens (tertiary/aromatic N) is 3. The first-order valence-corrected chi connectivity index (χ1v) is 12.4. The van der Waals surface area contributed by atoms with Crippen LogP contribution in [-0.4, -0.2) is 26.8 Å². The van der Waals surface area contributed by atoms with Crippen molar-refractivity contribution in [3.8, 4) is 0 Å². The van der Waals surface area contributed by atoms with Crippen LogP contribution in [-0.2, 0) is 22.9 Å². The molecule has 1 aliphatic rings. The van der Waals surface area contributed by atoms with Gasteiger partial charge in [-0.15, -0.1) is 11.3 Å². The third-order valence-electron chi connectivity index (χ3n) is 6.43. The lowest BCUT2D eigenvalue weighted by molar-refractivity contribution is -0.137. The summed E-state index contributed by atoms with van der Waals surface area (Å²) in [6, 6.07) is 6.72. The Labute approximate surface area is 218 Å². The molecule has 0 fully saturated rings. The number of fused-ring (bicyclic) bond motifs is 2. The van der Waals surface area contributed by atoms with Crippen LogP contribution >= 0.6 is 22.9 Å². The zero-order valence-corrected chi connectivity index (χ0v) is 21.7. The SMILES string of the molecule is Cc1nc(C)c(CN2C(=O)C(C)(C)c3cc4[nH]c(NC(=O)c5cccc(C(F)(F)F)c5Cl)nc4cc32)s1. The monoisotopic (exact) mass is 547 g/mol. The minimum atomic E-state index is -4.69. The normalized spacial score (nSPS) is 14.9. The van der Waals surface area contributed by atoms with Crippen molar-refractivity contribution in [1.29, 1.82) is 0 Å². The molecule has 2 N–H and O–H groups in total. The maximum atomic E-state index is 13.3. The van der Waals surface area contributed by atoms with Crippen molar-refractivity contribution in [3.05, 3.63) is 67.6 Å². The number of carbonyl (C=O) groups excluding carboxylic acids is 2. The van der Waals surface area contributed by atoms with Gasteiger partial charge in [0.15, 0.2) is 0 Å². The van der Waals surface area contributed by atoms with E-state index in [-0.39, 0.29) is 17.4 Å². The molecule has 0 bridgehead atoms. The summed E-state index contributed by atoms with van der Waals surface area (Å²) in [6.45, 7) is 7.90. The third-order valence-corrected chi connectivity index (χ3v) is 7.89. The number of aryl methyl sites for hydroxylation is 2. The van der Waals surface area contributed by atoms with Gasteiger partial charge in [-0.25, -0.2) is 9.97 Å². The molecular weight excluding hydrogens is 527 g/mol. The zero-order valence-electron chi connectivity index (χ0n) is 20.2. The highest BCUT2D eigenvalue weighted by atomic mass is 35.5. The number of nitrogens with one attached hydrogen (secondary N) is 2. The van der Waals surface area contributed by atoms with Crippen molar-refractivity contribution in [2.75, 3.05) is 10.2 Å². The molecule has 12 heteroatoms. The van der Waals surface area contributed by atoms with Gasteiger partial charge >= 0.3 is 6.18 Å². The number of aromatic amines is 1. The molecule has 0 unspecified atom stereocenters. The van der Waals surface area contributed by atoms with Gasteiger partial charge in [-0.2, -0.15) is 13.2 Å². The van der Waals surface area contributed by atoms with Gasteiger partial charge in [0.1, 0.15) is 0 Å². The molecule has 5 rings (SSSR count). The summed E-state index contributed by atoms with van der Waals surface area (Å²) < 4.78 is 39.6. The fraction of sp³-hybridized carbons (Fsp3) is 0.280. The Morgan fingerprint density at radius 2 is 1.95 bits per heavy atom. The van der Waals surface area contributed by atoms with Crippen molar-refractivity contribution >= 4 is 57.4 Å². The summed E-state index contributed by atoms with van der Waals surface area (Å²) >= 11 is 7.43. The molecule has 7 nitrogen and oxygen atoms in total. The van der Waals surface area contributed by atoms with Crippen LogP contribution < -0.4 is 10.2 Å². The second kappa shape index (κ2) is 8.56. The lowest BCUT2D eigenvalue weighted by Gasteiger charge is -2.20. The summed E-state index contributed by atoms with van der Waals surface area (Å²) in [5, 5.41) is 2.72. The number of rotatable bonds is 4. The molecule has 2 amide bonds. The predicted octanol–water partition coefficient (Wildman–Crippen LogP) is 6.39. The van der Waals surface area contributed by atoms with E-state index >= 15 is 0 Å². The topological polar surface area (TPSA) is 91.0 Å². The summed E-state index contributed by atoms with van der Waals surface area (Å²) in [4.78, 5) is 40.6. The number of hydrogen-bond acceptors (Lipinski definition) is 5. The first-order valence-electron chi connectivity index (χ1n) is 11.2. The molecule has 0 saturated heterocycles. The molecule has 4 aromatic rings. The van der Waals surface area contributed by atoms with Crippen molar-refractivity contribution in [2.45, 2.75) is 45.8 Å². The molecule has 37 heavy (non-hydrogen) atoms. The second-order valence-corrected chi connectivity index (χ2v) is 11.0. The Morgan fingerprint density at radius 1 is 1.22 bits per heavy atom. The van der Waals surface area contributed by atoms with Crippen LogP contribution in [0.25, 0.3) is 11.0 Å². The minimum Gasteiger partial charge on any atom is -0.324 e. The van der Waals surface area contributed by atoms with Gasteiger partial charge in [-0.05, 0) is 57.5 Å². The number of hydrogen-bond donors (Lipinski definition) is 2. The number of thiazole rings is 1. The van der Waals surface area contributed by atoms with Crippen LogP contribution in [0.1, 0.15) is 50.9 Å². The molecule has 0 saturated carbocycles. The van der Waals surface area contributed by atoms with E-state index in [1.54, 1.807) is 11.0 Å². The van der Waals surface area contributed by atoms with Crippen molar-refractivity contribution in [1.82, 2.24) is 15.0 Å². The molecule has 0 spiro atoms. The number of alkyl halides is 3. The van der Waals surface area contributed by atoms with Crippen LogP contribution in [0.15, 0.2) is 30.3 Å². The van der Waals surface area contributed by atoms with Crippen molar-refractivity contribution in [3.63, 3.8) is 0 Å². The van der Waals surface area contributed by atoms with Crippen molar-refractivity contribution < 1.29 is 22.8 Å². The number of halogens is 4. The molecule has 0 aliphatic carbocycles. The summed E-state index contributed by atoms with van der Waals surface area (Å²) in [5.41, 5.74) is 1.21. The first-order chi connectivity index (χ1) is 17.3. The number of benzene rings is 2. The highest BCUT2D eigenvalue weighted by Crippen LogP contribution is 2.44. The summed E-state index contributed by atoms with van der Waals surface area (Å²) in [7, 11) is 0. The second-order valence-electron chi connectivity index (χ2n) is 9.35. The highest BCUT2D eigenvalue weighted by Gasteiger charge is 2.44. The van der Waals surface area contributed by atoms with Crippen LogP contribution in [0.2, 0.25) is 5.02 Å². The van der Waals surface area contributed by atoms with Crippen LogP contribution in [0.4, 0.5) is 24.8 Å². The molecule has 0 atom stereocenters. The maximum absolute atomic E-state index is 13.3. The maximum Gasteiger partial charge on any atom is 0.417 e. The minimum absolute atomic E-state index is 0.0433. The number of imidazole rings is 1.